The zero-order chi connectivity index (χ0) is 21.0. The first kappa shape index (κ1) is 21.0. The zero-order valence-electron chi connectivity index (χ0n) is 16.3. The number of aliphatic hydroxyl groups is 1. The number of nitrogens with one attached hydrogen (secondary N) is 1. The summed E-state index contributed by atoms with van der Waals surface area (Å²) >= 11 is 0. The van der Waals surface area contributed by atoms with Gasteiger partial charge in [-0.3, -0.25) is 4.79 Å². The predicted octanol–water partition coefficient (Wildman–Crippen LogP) is 1.51. The number of hydrogen-bond acceptors (Lipinski definition) is 7. The van der Waals surface area contributed by atoms with Crippen molar-refractivity contribution in [1.29, 1.82) is 0 Å². The van der Waals surface area contributed by atoms with Crippen LogP contribution in [0.3, 0.4) is 0 Å². The van der Waals surface area contributed by atoms with Crippen molar-refractivity contribution < 1.29 is 23.7 Å². The topological polar surface area (TPSA) is 94.8 Å². The van der Waals surface area contributed by atoms with E-state index in [1.165, 1.54) is 49.2 Å². The number of rotatable bonds is 8. The second-order valence-corrected chi connectivity index (χ2v) is 6.81. The number of anilines is 1. The molecular formula is C20H24FN3O5. The second-order valence-electron chi connectivity index (χ2n) is 6.81. The summed E-state index contributed by atoms with van der Waals surface area (Å²) in [6.07, 6.45) is 0.382. The Hall–Kier alpha value is -2.75. The van der Waals surface area contributed by atoms with E-state index in [2.05, 4.69) is 17.0 Å². The molecule has 9 heteroatoms. The van der Waals surface area contributed by atoms with Crippen LogP contribution in [0.4, 0.5) is 10.2 Å². The summed E-state index contributed by atoms with van der Waals surface area (Å²) in [6, 6.07) is 6.13. The summed E-state index contributed by atoms with van der Waals surface area (Å²) in [4.78, 5) is 11.9. The van der Waals surface area contributed by atoms with Crippen LogP contribution in [-0.2, 0) is 16.0 Å². The second kappa shape index (κ2) is 8.73. The monoisotopic (exact) mass is 405 g/mol. The molecule has 0 aliphatic carbocycles. The first-order chi connectivity index (χ1) is 13.9. The molecule has 1 aromatic heterocycles. The number of aliphatic hydroxyl groups excluding tert-OH is 1. The summed E-state index contributed by atoms with van der Waals surface area (Å²) in [5.74, 6) is 0.251. The van der Waals surface area contributed by atoms with Gasteiger partial charge in [0.2, 0.25) is 0 Å². The van der Waals surface area contributed by atoms with Gasteiger partial charge in [0.15, 0.2) is 5.60 Å². The molecule has 0 saturated heterocycles. The zero-order valence-corrected chi connectivity index (χ0v) is 16.3. The number of ether oxygens (including phenoxy) is 3. The van der Waals surface area contributed by atoms with Crippen LogP contribution in [0.25, 0.3) is 0 Å². The molecule has 0 fully saturated rings. The van der Waals surface area contributed by atoms with E-state index in [1.54, 1.807) is 6.08 Å². The van der Waals surface area contributed by atoms with Gasteiger partial charge in [-0.15, -0.1) is 6.58 Å². The fraction of sp³-hybridized carbons (Fsp3) is 0.400. The molecule has 2 aromatic rings. The molecule has 0 spiro atoms. The van der Waals surface area contributed by atoms with Crippen molar-refractivity contribution in [2.24, 2.45) is 0 Å². The first-order valence-electron chi connectivity index (χ1n) is 9.04. The van der Waals surface area contributed by atoms with Crippen LogP contribution >= 0.6 is 0 Å². The largest absolute Gasteiger partial charge is 0.479 e. The third-order valence-corrected chi connectivity index (χ3v) is 4.72. The molecule has 156 valence electrons. The number of benzene rings is 1. The van der Waals surface area contributed by atoms with Crippen LogP contribution < -0.4 is 15.6 Å². The van der Waals surface area contributed by atoms with Crippen molar-refractivity contribution in [2.45, 2.75) is 24.3 Å². The lowest BCUT2D eigenvalue weighted by Crippen LogP contribution is -2.60. The average Bonchev–Trinajstić information content (AvgIpc) is 2.69. The van der Waals surface area contributed by atoms with Gasteiger partial charge in [0.05, 0.1) is 25.8 Å². The normalized spacial score (nSPS) is 19.9. The summed E-state index contributed by atoms with van der Waals surface area (Å²) in [5.41, 5.74) is -1.09. The third kappa shape index (κ3) is 4.16. The minimum Gasteiger partial charge on any atom is -0.479 e. The van der Waals surface area contributed by atoms with Crippen LogP contribution in [0, 0.1) is 5.82 Å². The van der Waals surface area contributed by atoms with E-state index in [9.17, 15) is 14.3 Å². The fourth-order valence-corrected chi connectivity index (χ4v) is 3.46. The summed E-state index contributed by atoms with van der Waals surface area (Å²) in [7, 11) is 2.98. The Kier molecular flexibility index (Phi) is 6.31. The standard InChI is InChI=1S/C20H24FN3O5/c1-4-9-24-17(25)8-7-16(23-24)22-18-14-10-13(21)5-6-15(14)29-20(11-27-2,12-28-3)19(18)26/h4-8,10,18-19,26H,1,9,11-12H2,2-3H3,(H,22,23). The Labute approximate surface area is 167 Å². The van der Waals surface area contributed by atoms with Crippen molar-refractivity contribution in [3.8, 4) is 5.75 Å². The molecule has 29 heavy (non-hydrogen) atoms. The maximum atomic E-state index is 14.0. The van der Waals surface area contributed by atoms with Crippen molar-refractivity contribution in [1.82, 2.24) is 9.78 Å². The quantitative estimate of drug-likeness (QED) is 0.643. The molecule has 1 aliphatic heterocycles. The highest BCUT2D eigenvalue weighted by atomic mass is 19.1. The van der Waals surface area contributed by atoms with Crippen LogP contribution in [0.5, 0.6) is 5.75 Å². The van der Waals surface area contributed by atoms with Crippen molar-refractivity contribution in [2.75, 3.05) is 32.8 Å². The Morgan fingerprint density at radius 3 is 2.72 bits per heavy atom. The molecule has 0 bridgehead atoms. The number of allylic oxidation sites excluding steroid dienone is 1. The molecule has 2 heterocycles. The molecule has 3 rings (SSSR count). The summed E-state index contributed by atoms with van der Waals surface area (Å²) in [5, 5.41) is 18.5. The van der Waals surface area contributed by atoms with Crippen LogP contribution in [0.2, 0.25) is 0 Å². The molecule has 2 atom stereocenters. The maximum Gasteiger partial charge on any atom is 0.267 e. The predicted molar refractivity (Wildman–Crippen MR) is 105 cm³/mol. The van der Waals surface area contributed by atoms with E-state index in [0.29, 0.717) is 17.1 Å². The van der Waals surface area contributed by atoms with E-state index in [-0.39, 0.29) is 25.3 Å². The molecule has 0 saturated carbocycles. The lowest BCUT2D eigenvalue weighted by molar-refractivity contribution is -0.142. The van der Waals surface area contributed by atoms with Crippen LogP contribution in [0.1, 0.15) is 11.6 Å². The Bertz CT molecular complexity index is 927. The minimum atomic E-state index is -1.22. The van der Waals surface area contributed by atoms with Gasteiger partial charge in [-0.25, -0.2) is 9.07 Å². The van der Waals surface area contributed by atoms with Crippen molar-refractivity contribution in [3.05, 3.63) is 64.7 Å². The molecule has 2 unspecified atom stereocenters. The van der Waals surface area contributed by atoms with E-state index in [0.717, 1.165) is 0 Å². The number of hydrogen-bond donors (Lipinski definition) is 2. The SMILES string of the molecule is C=CCn1nc(NC2c3cc(F)ccc3OC(COC)(COC)C2O)ccc1=O. The van der Waals surface area contributed by atoms with Gasteiger partial charge in [0, 0.05) is 25.8 Å². The molecule has 0 amide bonds. The lowest BCUT2D eigenvalue weighted by Gasteiger charge is -2.45. The van der Waals surface area contributed by atoms with Gasteiger partial charge in [0.1, 0.15) is 23.5 Å². The molecule has 2 N–H and O–H groups in total. The van der Waals surface area contributed by atoms with Gasteiger partial charge < -0.3 is 24.6 Å². The van der Waals surface area contributed by atoms with Crippen LogP contribution in [-0.4, -0.2) is 54.0 Å². The highest BCUT2D eigenvalue weighted by Gasteiger charge is 2.50. The van der Waals surface area contributed by atoms with E-state index in [4.69, 9.17) is 14.2 Å². The summed E-state index contributed by atoms with van der Waals surface area (Å²) in [6.45, 7) is 3.92. The average molecular weight is 405 g/mol. The van der Waals surface area contributed by atoms with Crippen LogP contribution in [0.15, 0.2) is 47.8 Å². The molecule has 0 radical (unpaired) electrons. The number of nitrogens with zero attached hydrogens (tertiary/aromatic N) is 2. The third-order valence-electron chi connectivity index (χ3n) is 4.72. The number of methoxy groups -OCH3 is 2. The van der Waals surface area contributed by atoms with Gasteiger partial charge >= 0.3 is 0 Å². The molecule has 1 aromatic carbocycles. The smallest absolute Gasteiger partial charge is 0.267 e. The van der Waals surface area contributed by atoms with E-state index in [1.807, 2.05) is 0 Å². The van der Waals surface area contributed by atoms with Gasteiger partial charge in [0.25, 0.3) is 5.56 Å². The number of halogens is 1. The Balaban J connectivity index is 2.05. The maximum absolute atomic E-state index is 14.0. The molecule has 1 aliphatic rings. The van der Waals surface area contributed by atoms with E-state index >= 15 is 0 Å². The van der Waals surface area contributed by atoms with Crippen molar-refractivity contribution in [3.63, 3.8) is 0 Å². The molecular weight excluding hydrogens is 381 g/mol. The fourth-order valence-electron chi connectivity index (χ4n) is 3.46. The lowest BCUT2D eigenvalue weighted by atomic mass is 9.84. The Morgan fingerprint density at radius 1 is 1.34 bits per heavy atom. The van der Waals surface area contributed by atoms with E-state index < -0.39 is 23.6 Å². The minimum absolute atomic E-state index is 0.0421. The Morgan fingerprint density at radius 2 is 2.07 bits per heavy atom. The highest BCUT2D eigenvalue weighted by Crippen LogP contribution is 2.42. The number of aromatic nitrogens is 2. The highest BCUT2D eigenvalue weighted by molar-refractivity contribution is 5.47. The number of fused-ring (bicyclic) bond motifs is 1. The molecule has 8 nitrogen and oxygen atoms in total. The van der Waals surface area contributed by atoms with Gasteiger partial charge in [-0.2, -0.15) is 5.10 Å². The first-order valence-corrected chi connectivity index (χ1v) is 9.04. The summed E-state index contributed by atoms with van der Waals surface area (Å²) < 4.78 is 31.7. The van der Waals surface area contributed by atoms with Crippen molar-refractivity contribution >= 4 is 5.82 Å². The van der Waals surface area contributed by atoms with Gasteiger partial charge in [-0.1, -0.05) is 6.08 Å². The van der Waals surface area contributed by atoms with Gasteiger partial charge in [-0.05, 0) is 24.3 Å².